The lowest BCUT2D eigenvalue weighted by molar-refractivity contribution is 0.751. The van der Waals surface area contributed by atoms with Gasteiger partial charge in [0.25, 0.3) is 5.95 Å². The van der Waals surface area contributed by atoms with E-state index in [0.717, 1.165) is 11.7 Å². The number of hydrogen-bond donors (Lipinski definition) is 1. The number of anilines is 1. The van der Waals surface area contributed by atoms with Gasteiger partial charge in [0.2, 0.25) is 11.1 Å². The Bertz CT molecular complexity index is 721. The van der Waals surface area contributed by atoms with E-state index in [9.17, 15) is 0 Å². The van der Waals surface area contributed by atoms with Gasteiger partial charge in [-0.15, -0.1) is 0 Å². The molecule has 0 amide bonds. The van der Waals surface area contributed by atoms with Crippen molar-refractivity contribution in [2.45, 2.75) is 17.2 Å². The Morgan fingerprint density at radius 1 is 1.19 bits per heavy atom. The van der Waals surface area contributed by atoms with E-state index in [-0.39, 0.29) is 0 Å². The van der Waals surface area contributed by atoms with Crippen LogP contribution < -0.4 is 5.32 Å². The van der Waals surface area contributed by atoms with Crippen LogP contribution in [0.1, 0.15) is 6.92 Å². The molecule has 21 heavy (non-hydrogen) atoms. The molecule has 3 heterocycles. The molecule has 108 valence electrons. The summed E-state index contributed by atoms with van der Waals surface area (Å²) in [7, 11) is 1.93. The number of aromatic nitrogens is 7. The van der Waals surface area contributed by atoms with Crippen molar-refractivity contribution in [2.75, 3.05) is 11.9 Å². The van der Waals surface area contributed by atoms with Gasteiger partial charge in [0.15, 0.2) is 5.16 Å². The third-order valence-corrected chi connectivity index (χ3v) is 3.55. The van der Waals surface area contributed by atoms with E-state index in [1.54, 1.807) is 23.3 Å². The summed E-state index contributed by atoms with van der Waals surface area (Å²) in [5, 5.41) is 8.64. The molecule has 0 bridgehead atoms. The third kappa shape index (κ3) is 3.02. The van der Waals surface area contributed by atoms with Gasteiger partial charge >= 0.3 is 0 Å². The summed E-state index contributed by atoms with van der Waals surface area (Å²) < 4.78 is 3.51. The van der Waals surface area contributed by atoms with Crippen LogP contribution in [0.5, 0.6) is 0 Å². The van der Waals surface area contributed by atoms with Gasteiger partial charge in [0.1, 0.15) is 0 Å². The predicted octanol–water partition coefficient (Wildman–Crippen LogP) is 1.37. The first-order chi connectivity index (χ1) is 10.3. The maximum absolute atomic E-state index is 4.42. The molecule has 8 nitrogen and oxygen atoms in total. The monoisotopic (exact) mass is 302 g/mol. The smallest absolute Gasteiger partial charge is 0.256 e. The van der Waals surface area contributed by atoms with Crippen molar-refractivity contribution in [1.82, 2.24) is 34.3 Å². The highest BCUT2D eigenvalue weighted by Crippen LogP contribution is 2.23. The van der Waals surface area contributed by atoms with Crippen LogP contribution in [-0.4, -0.2) is 40.8 Å². The fourth-order valence-corrected chi connectivity index (χ4v) is 2.39. The fourth-order valence-electron chi connectivity index (χ4n) is 1.65. The molecule has 0 radical (unpaired) electrons. The second-order valence-corrected chi connectivity index (χ2v) is 5.08. The molecule has 3 aromatic heterocycles. The van der Waals surface area contributed by atoms with E-state index >= 15 is 0 Å². The van der Waals surface area contributed by atoms with Gasteiger partial charge in [0.05, 0.1) is 0 Å². The summed E-state index contributed by atoms with van der Waals surface area (Å²) in [4.78, 5) is 17.4. The molecular formula is C12H14N8S. The molecule has 0 aliphatic carbocycles. The Morgan fingerprint density at radius 3 is 2.76 bits per heavy atom. The maximum atomic E-state index is 4.42. The normalized spacial score (nSPS) is 10.8. The first kappa shape index (κ1) is 13.6. The third-order valence-electron chi connectivity index (χ3n) is 2.61. The van der Waals surface area contributed by atoms with Crippen LogP contribution in [0.2, 0.25) is 0 Å². The molecule has 0 unspecified atom stereocenters. The molecule has 0 saturated carbocycles. The van der Waals surface area contributed by atoms with Crippen molar-refractivity contribution in [2.24, 2.45) is 7.05 Å². The number of hydrogen-bond acceptors (Lipinski definition) is 7. The molecule has 0 atom stereocenters. The number of aryl methyl sites for hydroxylation is 1. The summed E-state index contributed by atoms with van der Waals surface area (Å²) in [5.74, 6) is 0.998. The topological polar surface area (TPSA) is 86.3 Å². The number of nitrogens with one attached hydrogen (secondary N) is 1. The van der Waals surface area contributed by atoms with Crippen LogP contribution in [-0.2, 0) is 7.05 Å². The molecule has 9 heteroatoms. The van der Waals surface area contributed by atoms with Gasteiger partial charge in [0, 0.05) is 38.4 Å². The van der Waals surface area contributed by atoms with Crippen molar-refractivity contribution in [3.8, 4) is 5.95 Å². The largest absolute Gasteiger partial charge is 0.354 e. The van der Waals surface area contributed by atoms with Crippen LogP contribution in [0.15, 0.2) is 41.2 Å². The minimum absolute atomic E-state index is 0.475. The van der Waals surface area contributed by atoms with Crippen LogP contribution in [0.4, 0.5) is 5.95 Å². The highest BCUT2D eigenvalue weighted by Gasteiger charge is 2.11. The zero-order valence-electron chi connectivity index (χ0n) is 11.6. The van der Waals surface area contributed by atoms with Crippen molar-refractivity contribution in [3.05, 3.63) is 30.9 Å². The lowest BCUT2D eigenvalue weighted by Gasteiger charge is -2.07. The lowest BCUT2D eigenvalue weighted by atomic mass is 10.7. The van der Waals surface area contributed by atoms with Crippen molar-refractivity contribution >= 4 is 17.7 Å². The number of imidazole rings is 1. The Hall–Kier alpha value is -2.42. The summed E-state index contributed by atoms with van der Waals surface area (Å²) >= 11 is 1.38. The van der Waals surface area contributed by atoms with Crippen LogP contribution in [0.3, 0.4) is 0 Å². The van der Waals surface area contributed by atoms with Crippen molar-refractivity contribution < 1.29 is 0 Å². The van der Waals surface area contributed by atoms with E-state index in [2.05, 4.69) is 30.4 Å². The highest BCUT2D eigenvalue weighted by molar-refractivity contribution is 7.99. The minimum Gasteiger partial charge on any atom is -0.354 e. The Labute approximate surface area is 125 Å². The van der Waals surface area contributed by atoms with E-state index in [1.807, 2.05) is 30.8 Å². The zero-order chi connectivity index (χ0) is 14.7. The predicted molar refractivity (Wildman–Crippen MR) is 78.4 cm³/mol. The van der Waals surface area contributed by atoms with Crippen LogP contribution >= 0.6 is 11.8 Å². The second-order valence-electron chi connectivity index (χ2n) is 4.15. The van der Waals surface area contributed by atoms with E-state index in [1.165, 1.54) is 11.8 Å². The number of nitrogens with zero attached hydrogens (tertiary/aromatic N) is 7. The molecule has 0 saturated heterocycles. The highest BCUT2D eigenvalue weighted by atomic mass is 32.2. The fraction of sp³-hybridized carbons (Fsp3) is 0.250. The molecule has 0 spiro atoms. The minimum atomic E-state index is 0.475. The van der Waals surface area contributed by atoms with E-state index in [0.29, 0.717) is 17.1 Å². The molecule has 0 aromatic carbocycles. The molecule has 0 aliphatic rings. The maximum Gasteiger partial charge on any atom is 0.256 e. The number of rotatable bonds is 5. The molecule has 3 aromatic rings. The quantitative estimate of drug-likeness (QED) is 0.761. The molecule has 0 aliphatic heterocycles. The molecule has 3 rings (SSSR count). The lowest BCUT2D eigenvalue weighted by Crippen LogP contribution is -2.10. The first-order valence-electron chi connectivity index (χ1n) is 6.41. The second kappa shape index (κ2) is 5.92. The van der Waals surface area contributed by atoms with Crippen LogP contribution in [0.25, 0.3) is 5.95 Å². The van der Waals surface area contributed by atoms with Crippen molar-refractivity contribution in [3.63, 3.8) is 0 Å². The van der Waals surface area contributed by atoms with Gasteiger partial charge in [-0.3, -0.25) is 0 Å². The standard InChI is InChI=1S/C12H14N8S/c1-3-13-9-16-10(20-7-4-5-15-20)18-11(17-9)21-12-14-6-8-19(12)2/h4-8H,3H2,1-2H3,(H,13,16,17,18). The zero-order valence-corrected chi connectivity index (χ0v) is 12.4. The summed E-state index contributed by atoms with van der Waals surface area (Å²) in [6.45, 7) is 2.72. The average molecular weight is 302 g/mol. The van der Waals surface area contributed by atoms with Crippen LogP contribution in [0, 0.1) is 0 Å². The summed E-state index contributed by atoms with van der Waals surface area (Å²) in [6, 6.07) is 1.82. The average Bonchev–Trinajstić information content (AvgIpc) is 3.12. The molecule has 1 N–H and O–H groups in total. The first-order valence-corrected chi connectivity index (χ1v) is 7.23. The Balaban J connectivity index is 1.97. The summed E-state index contributed by atoms with van der Waals surface area (Å²) in [6.07, 6.45) is 7.09. The van der Waals surface area contributed by atoms with Gasteiger partial charge in [-0.05, 0) is 24.8 Å². The van der Waals surface area contributed by atoms with Gasteiger partial charge in [-0.1, -0.05) is 0 Å². The Morgan fingerprint density at radius 2 is 2.10 bits per heavy atom. The van der Waals surface area contributed by atoms with E-state index in [4.69, 9.17) is 0 Å². The molecular weight excluding hydrogens is 288 g/mol. The SMILES string of the molecule is CCNc1nc(Sc2nccn2C)nc(-n2cccn2)n1. The van der Waals surface area contributed by atoms with Gasteiger partial charge in [-0.2, -0.15) is 20.1 Å². The van der Waals surface area contributed by atoms with E-state index < -0.39 is 0 Å². The van der Waals surface area contributed by atoms with Crippen molar-refractivity contribution in [1.29, 1.82) is 0 Å². The van der Waals surface area contributed by atoms with Gasteiger partial charge in [-0.25, -0.2) is 9.67 Å². The summed E-state index contributed by atoms with van der Waals surface area (Å²) in [5.41, 5.74) is 0. The van der Waals surface area contributed by atoms with Gasteiger partial charge < -0.3 is 9.88 Å². The molecule has 0 fully saturated rings. The Kier molecular flexibility index (Phi) is 3.82.